The van der Waals surface area contributed by atoms with Gasteiger partial charge in [0.15, 0.2) is 0 Å². The Morgan fingerprint density at radius 1 is 1.37 bits per heavy atom. The topological polar surface area (TPSA) is 86.6 Å². The first-order valence-corrected chi connectivity index (χ1v) is 5.83. The molecule has 0 fully saturated rings. The number of carbonyl (C=O) groups is 2. The maximum Gasteiger partial charge on any atom is 0.326 e. The van der Waals surface area contributed by atoms with Crippen molar-refractivity contribution in [3.8, 4) is 5.75 Å². The molecule has 0 saturated heterocycles. The lowest BCUT2D eigenvalue weighted by atomic mass is 10.0. The van der Waals surface area contributed by atoms with E-state index in [2.05, 4.69) is 5.32 Å². The van der Waals surface area contributed by atoms with Gasteiger partial charge in [-0.3, -0.25) is 4.79 Å². The third-order valence-electron chi connectivity index (χ3n) is 2.51. The number of hydrogen-bond donors (Lipinski definition) is 3. The highest BCUT2D eigenvalue weighted by molar-refractivity contribution is 5.96. The van der Waals surface area contributed by atoms with E-state index in [9.17, 15) is 14.0 Å². The number of carboxylic acid groups (broad SMARTS) is 1. The standard InChI is InChI=1S/C13H16FNO4/c1-7(2)5-11(13(18)19)15-12(17)9-4-3-8(16)6-10(9)14/h3-4,6-7,11,16H,5H2,1-2H3,(H,15,17)(H,18,19). The van der Waals surface area contributed by atoms with Gasteiger partial charge in [-0.05, 0) is 24.5 Å². The summed E-state index contributed by atoms with van der Waals surface area (Å²) >= 11 is 0. The average molecular weight is 269 g/mol. The van der Waals surface area contributed by atoms with Crippen LogP contribution in [-0.4, -0.2) is 28.1 Å². The number of rotatable bonds is 5. The Kier molecular flexibility index (Phi) is 4.86. The number of aliphatic carboxylic acids is 1. The second kappa shape index (κ2) is 6.17. The van der Waals surface area contributed by atoms with Crippen LogP contribution in [-0.2, 0) is 4.79 Å². The van der Waals surface area contributed by atoms with Crippen molar-refractivity contribution in [2.75, 3.05) is 0 Å². The molecule has 1 amide bonds. The zero-order chi connectivity index (χ0) is 14.6. The fraction of sp³-hybridized carbons (Fsp3) is 0.385. The highest BCUT2D eigenvalue weighted by Gasteiger charge is 2.23. The van der Waals surface area contributed by atoms with Gasteiger partial charge in [0.05, 0.1) is 5.56 Å². The van der Waals surface area contributed by atoms with Crippen molar-refractivity contribution in [2.45, 2.75) is 26.3 Å². The summed E-state index contributed by atoms with van der Waals surface area (Å²) in [6.07, 6.45) is 0.251. The molecule has 0 bridgehead atoms. The number of phenolic OH excluding ortho intramolecular Hbond substituents is 1. The number of benzene rings is 1. The van der Waals surface area contributed by atoms with E-state index in [0.29, 0.717) is 0 Å². The van der Waals surface area contributed by atoms with Gasteiger partial charge >= 0.3 is 5.97 Å². The smallest absolute Gasteiger partial charge is 0.326 e. The van der Waals surface area contributed by atoms with Crippen LogP contribution in [0.25, 0.3) is 0 Å². The zero-order valence-corrected chi connectivity index (χ0v) is 10.7. The molecule has 1 aromatic carbocycles. The molecule has 0 aromatic heterocycles. The van der Waals surface area contributed by atoms with Crippen molar-refractivity contribution < 1.29 is 24.2 Å². The summed E-state index contributed by atoms with van der Waals surface area (Å²) in [7, 11) is 0. The van der Waals surface area contributed by atoms with Crippen molar-refractivity contribution >= 4 is 11.9 Å². The molecule has 0 radical (unpaired) electrons. The molecule has 1 aromatic rings. The van der Waals surface area contributed by atoms with Crippen LogP contribution in [0.5, 0.6) is 5.75 Å². The Labute approximate surface area is 110 Å². The third-order valence-corrected chi connectivity index (χ3v) is 2.51. The maximum absolute atomic E-state index is 13.4. The number of phenols is 1. The van der Waals surface area contributed by atoms with Gasteiger partial charge in [-0.2, -0.15) is 0 Å². The SMILES string of the molecule is CC(C)CC(NC(=O)c1ccc(O)cc1F)C(=O)O. The molecule has 0 heterocycles. The number of carboxylic acids is 1. The number of aromatic hydroxyl groups is 1. The maximum atomic E-state index is 13.4. The van der Waals surface area contributed by atoms with E-state index in [0.717, 1.165) is 18.2 Å². The number of hydrogen-bond acceptors (Lipinski definition) is 3. The molecule has 5 nitrogen and oxygen atoms in total. The predicted molar refractivity (Wildman–Crippen MR) is 66.4 cm³/mol. The summed E-state index contributed by atoms with van der Waals surface area (Å²) in [4.78, 5) is 22.8. The minimum atomic E-state index is -1.17. The van der Waals surface area contributed by atoms with Gasteiger partial charge in [-0.25, -0.2) is 9.18 Å². The second-order valence-corrected chi connectivity index (χ2v) is 4.66. The van der Waals surface area contributed by atoms with E-state index in [1.807, 2.05) is 13.8 Å². The van der Waals surface area contributed by atoms with Gasteiger partial charge in [0, 0.05) is 6.07 Å². The Morgan fingerprint density at radius 3 is 2.47 bits per heavy atom. The van der Waals surface area contributed by atoms with Crippen LogP contribution in [0.2, 0.25) is 0 Å². The van der Waals surface area contributed by atoms with Crippen LogP contribution in [0.4, 0.5) is 4.39 Å². The lowest BCUT2D eigenvalue weighted by Crippen LogP contribution is -2.41. The van der Waals surface area contributed by atoms with Gasteiger partial charge < -0.3 is 15.5 Å². The molecule has 1 unspecified atom stereocenters. The number of amides is 1. The minimum absolute atomic E-state index is 0.0751. The fourth-order valence-electron chi connectivity index (χ4n) is 1.62. The predicted octanol–water partition coefficient (Wildman–Crippen LogP) is 1.76. The molecular formula is C13H16FNO4. The van der Waals surface area contributed by atoms with Crippen molar-refractivity contribution in [3.63, 3.8) is 0 Å². The molecule has 0 saturated carbocycles. The van der Waals surface area contributed by atoms with E-state index in [1.165, 1.54) is 0 Å². The molecular weight excluding hydrogens is 253 g/mol. The largest absolute Gasteiger partial charge is 0.508 e. The molecule has 0 aliphatic rings. The number of halogens is 1. The van der Waals surface area contributed by atoms with Crippen molar-refractivity contribution in [1.82, 2.24) is 5.32 Å². The highest BCUT2D eigenvalue weighted by Crippen LogP contribution is 2.15. The molecule has 0 aliphatic carbocycles. The third kappa shape index (κ3) is 4.24. The molecule has 19 heavy (non-hydrogen) atoms. The molecule has 6 heteroatoms. The Hall–Kier alpha value is -2.11. The second-order valence-electron chi connectivity index (χ2n) is 4.66. The van der Waals surface area contributed by atoms with Crippen LogP contribution in [0.15, 0.2) is 18.2 Å². The molecule has 104 valence electrons. The number of nitrogens with one attached hydrogen (secondary N) is 1. The summed E-state index contributed by atoms with van der Waals surface area (Å²) in [5.41, 5.74) is -0.298. The summed E-state index contributed by atoms with van der Waals surface area (Å²) in [5.74, 6) is -3.10. The molecule has 1 atom stereocenters. The minimum Gasteiger partial charge on any atom is -0.508 e. The van der Waals surface area contributed by atoms with Crippen LogP contribution >= 0.6 is 0 Å². The highest BCUT2D eigenvalue weighted by atomic mass is 19.1. The van der Waals surface area contributed by atoms with Gasteiger partial charge in [-0.15, -0.1) is 0 Å². The van der Waals surface area contributed by atoms with E-state index in [1.54, 1.807) is 0 Å². The van der Waals surface area contributed by atoms with Gasteiger partial charge in [0.2, 0.25) is 0 Å². The Morgan fingerprint density at radius 2 is 2.00 bits per heavy atom. The molecule has 3 N–H and O–H groups in total. The lowest BCUT2D eigenvalue weighted by Gasteiger charge is -2.16. The quantitative estimate of drug-likeness (QED) is 0.760. The molecule has 0 aliphatic heterocycles. The summed E-state index contributed by atoms with van der Waals surface area (Å²) in [6, 6.07) is 2.00. The summed E-state index contributed by atoms with van der Waals surface area (Å²) in [6.45, 7) is 3.65. The van der Waals surface area contributed by atoms with Crippen LogP contribution in [0.1, 0.15) is 30.6 Å². The Bertz CT molecular complexity index is 488. The van der Waals surface area contributed by atoms with E-state index in [4.69, 9.17) is 10.2 Å². The zero-order valence-electron chi connectivity index (χ0n) is 10.7. The monoisotopic (exact) mass is 269 g/mol. The van der Waals surface area contributed by atoms with Crippen molar-refractivity contribution in [1.29, 1.82) is 0 Å². The van der Waals surface area contributed by atoms with Gasteiger partial charge in [-0.1, -0.05) is 13.8 Å². The first-order valence-electron chi connectivity index (χ1n) is 5.83. The van der Waals surface area contributed by atoms with Crippen LogP contribution in [0.3, 0.4) is 0 Å². The van der Waals surface area contributed by atoms with Crippen molar-refractivity contribution in [2.24, 2.45) is 5.92 Å². The van der Waals surface area contributed by atoms with Crippen molar-refractivity contribution in [3.05, 3.63) is 29.6 Å². The molecule has 0 spiro atoms. The van der Waals surface area contributed by atoms with Crippen LogP contribution < -0.4 is 5.32 Å². The lowest BCUT2D eigenvalue weighted by molar-refractivity contribution is -0.139. The first-order chi connectivity index (χ1) is 8.81. The fourth-order valence-corrected chi connectivity index (χ4v) is 1.62. The number of carbonyl (C=O) groups excluding carboxylic acids is 1. The van der Waals surface area contributed by atoms with Crippen LogP contribution in [0, 0.1) is 11.7 Å². The average Bonchev–Trinajstić information content (AvgIpc) is 2.26. The van der Waals surface area contributed by atoms with E-state index in [-0.39, 0.29) is 23.7 Å². The van der Waals surface area contributed by atoms with E-state index >= 15 is 0 Å². The molecule has 1 rings (SSSR count). The van der Waals surface area contributed by atoms with Gasteiger partial charge in [0.1, 0.15) is 17.6 Å². The first kappa shape index (κ1) is 14.9. The summed E-state index contributed by atoms with van der Waals surface area (Å²) in [5, 5.41) is 20.3. The van der Waals surface area contributed by atoms with E-state index < -0.39 is 23.7 Å². The van der Waals surface area contributed by atoms with Gasteiger partial charge in [0.25, 0.3) is 5.91 Å². The normalized spacial score (nSPS) is 12.2. The summed E-state index contributed by atoms with van der Waals surface area (Å²) < 4.78 is 13.4. The Balaban J connectivity index is 2.84.